The smallest absolute Gasteiger partial charge is 0.242 e. The molecule has 0 saturated carbocycles. The predicted octanol–water partition coefficient (Wildman–Crippen LogP) is 4.18. The van der Waals surface area contributed by atoms with Gasteiger partial charge in [0.05, 0.1) is 6.42 Å². The fraction of sp³-hybridized carbons (Fsp3) is 0.417. The molecule has 150 valence electrons. The monoisotopic (exact) mass is 380 g/mol. The number of nitrogens with one attached hydrogen (secondary N) is 1. The van der Waals surface area contributed by atoms with Crippen LogP contribution in [-0.2, 0) is 22.6 Å². The van der Waals surface area contributed by atoms with E-state index in [9.17, 15) is 9.59 Å². The van der Waals surface area contributed by atoms with E-state index in [0.29, 0.717) is 6.54 Å². The lowest BCUT2D eigenvalue weighted by Gasteiger charge is -2.30. The summed E-state index contributed by atoms with van der Waals surface area (Å²) in [5.74, 6) is -0.156. The highest BCUT2D eigenvalue weighted by atomic mass is 16.2. The second kappa shape index (κ2) is 10.1. The van der Waals surface area contributed by atoms with Crippen LogP contribution in [0.25, 0.3) is 0 Å². The molecule has 0 heterocycles. The summed E-state index contributed by atoms with van der Waals surface area (Å²) in [5, 5.41) is 3.00. The third-order valence-corrected chi connectivity index (χ3v) is 5.08. The van der Waals surface area contributed by atoms with Crippen LogP contribution in [0.1, 0.15) is 49.4 Å². The summed E-state index contributed by atoms with van der Waals surface area (Å²) in [6, 6.07) is 15.6. The Morgan fingerprint density at radius 3 is 2.25 bits per heavy atom. The van der Waals surface area contributed by atoms with E-state index in [1.165, 1.54) is 5.56 Å². The van der Waals surface area contributed by atoms with E-state index >= 15 is 0 Å². The Morgan fingerprint density at radius 1 is 0.964 bits per heavy atom. The Balaban J connectivity index is 2.22. The molecule has 0 aliphatic rings. The molecular formula is C24H32N2O2. The number of benzene rings is 2. The van der Waals surface area contributed by atoms with Gasteiger partial charge < -0.3 is 10.2 Å². The molecule has 0 fully saturated rings. The highest BCUT2D eigenvalue weighted by Crippen LogP contribution is 2.14. The van der Waals surface area contributed by atoms with E-state index in [4.69, 9.17) is 0 Å². The van der Waals surface area contributed by atoms with Gasteiger partial charge in [0.15, 0.2) is 0 Å². The average molecular weight is 381 g/mol. The molecule has 2 atom stereocenters. The molecule has 2 aromatic carbocycles. The first-order valence-corrected chi connectivity index (χ1v) is 10.0. The van der Waals surface area contributed by atoms with Crippen LogP contribution in [0.4, 0.5) is 0 Å². The average Bonchev–Trinajstić information content (AvgIpc) is 2.66. The minimum absolute atomic E-state index is 0.0435. The van der Waals surface area contributed by atoms with E-state index in [1.54, 1.807) is 11.8 Å². The zero-order valence-corrected chi connectivity index (χ0v) is 17.7. The maximum absolute atomic E-state index is 13.1. The third kappa shape index (κ3) is 6.22. The van der Waals surface area contributed by atoms with Gasteiger partial charge in [-0.15, -0.1) is 0 Å². The number of hydrogen-bond donors (Lipinski definition) is 1. The molecule has 0 radical (unpaired) electrons. The fourth-order valence-electron chi connectivity index (χ4n) is 3.04. The third-order valence-electron chi connectivity index (χ3n) is 5.08. The second-order valence-corrected chi connectivity index (χ2v) is 7.67. The first-order valence-electron chi connectivity index (χ1n) is 10.0. The van der Waals surface area contributed by atoms with Crippen molar-refractivity contribution in [2.75, 3.05) is 0 Å². The number of hydrogen-bond acceptors (Lipinski definition) is 2. The van der Waals surface area contributed by atoms with Crippen LogP contribution in [0.5, 0.6) is 0 Å². The van der Waals surface area contributed by atoms with Crippen molar-refractivity contribution in [3.05, 3.63) is 70.8 Å². The largest absolute Gasteiger partial charge is 0.352 e. The van der Waals surface area contributed by atoms with Crippen molar-refractivity contribution in [2.24, 2.45) is 0 Å². The number of amides is 2. The molecule has 0 unspecified atom stereocenters. The summed E-state index contributed by atoms with van der Waals surface area (Å²) in [5.41, 5.74) is 4.28. The van der Waals surface area contributed by atoms with Crippen LogP contribution in [0.2, 0.25) is 0 Å². The molecule has 1 N–H and O–H groups in total. The van der Waals surface area contributed by atoms with Gasteiger partial charge in [-0.1, -0.05) is 66.6 Å². The van der Waals surface area contributed by atoms with Gasteiger partial charge in [0.25, 0.3) is 0 Å². The van der Waals surface area contributed by atoms with Crippen LogP contribution in [0.15, 0.2) is 48.5 Å². The Labute approximate surface area is 169 Å². The first kappa shape index (κ1) is 21.7. The molecule has 28 heavy (non-hydrogen) atoms. The lowest BCUT2D eigenvalue weighted by atomic mass is 10.1. The Kier molecular flexibility index (Phi) is 7.80. The second-order valence-electron chi connectivity index (χ2n) is 7.67. The summed E-state index contributed by atoms with van der Waals surface area (Å²) < 4.78 is 0. The lowest BCUT2D eigenvalue weighted by Crippen LogP contribution is -2.49. The molecule has 0 spiro atoms. The predicted molar refractivity (Wildman–Crippen MR) is 114 cm³/mol. The topological polar surface area (TPSA) is 49.4 Å². The minimum atomic E-state index is -0.535. The Morgan fingerprint density at radius 2 is 1.64 bits per heavy atom. The lowest BCUT2D eigenvalue weighted by molar-refractivity contribution is -0.140. The van der Waals surface area contributed by atoms with E-state index in [2.05, 4.69) is 5.32 Å². The van der Waals surface area contributed by atoms with E-state index < -0.39 is 6.04 Å². The van der Waals surface area contributed by atoms with Crippen LogP contribution < -0.4 is 5.32 Å². The zero-order valence-electron chi connectivity index (χ0n) is 17.7. The maximum atomic E-state index is 13.1. The van der Waals surface area contributed by atoms with Crippen LogP contribution in [0, 0.1) is 13.8 Å². The van der Waals surface area contributed by atoms with E-state index in [0.717, 1.165) is 23.1 Å². The molecular weight excluding hydrogens is 348 g/mol. The molecule has 0 aliphatic carbocycles. The van der Waals surface area contributed by atoms with E-state index in [1.807, 2.05) is 76.2 Å². The van der Waals surface area contributed by atoms with Crippen molar-refractivity contribution in [1.82, 2.24) is 10.2 Å². The highest BCUT2D eigenvalue weighted by Gasteiger charge is 2.26. The summed E-state index contributed by atoms with van der Waals surface area (Å²) >= 11 is 0. The van der Waals surface area contributed by atoms with Crippen molar-refractivity contribution < 1.29 is 9.59 Å². The minimum Gasteiger partial charge on any atom is -0.352 e. The van der Waals surface area contributed by atoms with Gasteiger partial charge in [-0.05, 0) is 45.2 Å². The van der Waals surface area contributed by atoms with Crippen molar-refractivity contribution in [3.8, 4) is 0 Å². The van der Waals surface area contributed by atoms with Crippen molar-refractivity contribution >= 4 is 11.8 Å². The van der Waals surface area contributed by atoms with Crippen molar-refractivity contribution in [3.63, 3.8) is 0 Å². The summed E-state index contributed by atoms with van der Waals surface area (Å²) in [7, 11) is 0. The van der Waals surface area contributed by atoms with Crippen LogP contribution >= 0.6 is 0 Å². The standard InChI is InChI=1S/C24H32N2O2/c1-6-19(4)25-24(28)20(5)26(16-21-12-10-17(2)11-13-21)23(27)15-22-9-7-8-18(3)14-22/h7-14,19-20H,6,15-16H2,1-5H3,(H,25,28)/t19-,20-/m1/s1. The molecule has 0 saturated heterocycles. The Bertz CT molecular complexity index is 799. The van der Waals surface area contributed by atoms with Gasteiger partial charge in [0.1, 0.15) is 6.04 Å². The molecule has 0 aliphatic heterocycles. The summed E-state index contributed by atoms with van der Waals surface area (Å²) in [6.07, 6.45) is 1.14. The van der Waals surface area contributed by atoms with Gasteiger partial charge in [0.2, 0.25) is 11.8 Å². The Hall–Kier alpha value is -2.62. The van der Waals surface area contributed by atoms with Crippen molar-refractivity contribution in [2.45, 2.75) is 66.1 Å². The van der Waals surface area contributed by atoms with Crippen LogP contribution in [0.3, 0.4) is 0 Å². The molecule has 2 rings (SSSR count). The number of nitrogens with zero attached hydrogens (tertiary/aromatic N) is 1. The van der Waals surface area contributed by atoms with E-state index in [-0.39, 0.29) is 24.3 Å². The SMILES string of the molecule is CC[C@@H](C)NC(=O)[C@@H](C)N(Cc1ccc(C)cc1)C(=O)Cc1cccc(C)c1. The van der Waals surface area contributed by atoms with Gasteiger partial charge in [-0.25, -0.2) is 0 Å². The molecule has 0 aromatic heterocycles. The molecule has 4 heteroatoms. The number of carbonyl (C=O) groups is 2. The normalized spacial score (nSPS) is 12.9. The number of carbonyl (C=O) groups excluding carboxylic acids is 2. The molecule has 2 amide bonds. The van der Waals surface area contributed by atoms with Crippen molar-refractivity contribution in [1.29, 1.82) is 0 Å². The van der Waals surface area contributed by atoms with Gasteiger partial charge >= 0.3 is 0 Å². The molecule has 2 aromatic rings. The molecule has 4 nitrogen and oxygen atoms in total. The summed E-state index contributed by atoms with van der Waals surface area (Å²) in [6.45, 7) is 10.3. The molecule has 0 bridgehead atoms. The maximum Gasteiger partial charge on any atom is 0.242 e. The van der Waals surface area contributed by atoms with Gasteiger partial charge in [0, 0.05) is 12.6 Å². The highest BCUT2D eigenvalue weighted by molar-refractivity contribution is 5.88. The van der Waals surface area contributed by atoms with Gasteiger partial charge in [-0.2, -0.15) is 0 Å². The first-order chi connectivity index (χ1) is 13.3. The van der Waals surface area contributed by atoms with Crippen LogP contribution in [-0.4, -0.2) is 28.8 Å². The van der Waals surface area contributed by atoms with Gasteiger partial charge in [-0.3, -0.25) is 9.59 Å². The fourth-order valence-corrected chi connectivity index (χ4v) is 3.04. The zero-order chi connectivity index (χ0) is 20.7. The number of rotatable bonds is 8. The summed E-state index contributed by atoms with van der Waals surface area (Å²) in [4.78, 5) is 27.5. The quantitative estimate of drug-likeness (QED) is 0.747. The number of aryl methyl sites for hydroxylation is 2.